The van der Waals surface area contributed by atoms with Gasteiger partial charge in [0.05, 0.1) is 11.9 Å². The summed E-state index contributed by atoms with van der Waals surface area (Å²) in [6.07, 6.45) is 13.1. The van der Waals surface area contributed by atoms with Crippen molar-refractivity contribution in [2.45, 2.75) is 121 Å². The zero-order valence-corrected chi connectivity index (χ0v) is 24.5. The first-order valence-corrected chi connectivity index (χ1v) is 17.2. The topological polar surface area (TPSA) is 49.9 Å². The van der Waals surface area contributed by atoms with Gasteiger partial charge in [0.15, 0.2) is 0 Å². The van der Waals surface area contributed by atoms with Crippen LogP contribution in [0.5, 0.6) is 0 Å². The number of alkyl halides is 1. The molecule has 5 rings (SSSR count). The standard InChI is InChI=1S/C30H53FN2O3S/c1-21-8-4-5-9-29(21)37(34,35)32-16-6-7-17-33-27(19-32)30(28(33)20-36-3)24-12-10-23(11-13-24)26-15-14-25(31)18-22(26)2/h21-30H,4-20H2,1-3H3/t21?,22?,23?,24?,25?,26?,27?,28-,29?,30+/m1/s1. The SMILES string of the molecule is COC[C@@H]1[C@@H](C2CCC(C3CCC(F)CC3C)CC2)C2CN(S(=O)(=O)C3CCCCC3C)CCCCN21. The first-order valence-electron chi connectivity index (χ1n) is 15.7. The van der Waals surface area contributed by atoms with Crippen LogP contribution in [0.1, 0.15) is 97.3 Å². The van der Waals surface area contributed by atoms with Gasteiger partial charge in [0.25, 0.3) is 0 Å². The Kier molecular flexibility index (Phi) is 9.25. The highest BCUT2D eigenvalue weighted by atomic mass is 32.2. The molecule has 0 aromatic rings. The second kappa shape index (κ2) is 12.1. The number of halogens is 1. The fraction of sp³-hybridized carbons (Fsp3) is 1.00. The van der Waals surface area contributed by atoms with Crippen molar-refractivity contribution >= 4 is 10.0 Å². The average Bonchev–Trinajstić information content (AvgIpc) is 2.85. The molecule has 0 amide bonds. The van der Waals surface area contributed by atoms with Gasteiger partial charge in [0.2, 0.25) is 10.0 Å². The maximum atomic E-state index is 13.9. The third-order valence-corrected chi connectivity index (χ3v) is 14.0. The van der Waals surface area contributed by atoms with Crippen LogP contribution >= 0.6 is 0 Å². The fourth-order valence-corrected chi connectivity index (χ4v) is 11.8. The molecule has 5 nitrogen and oxygen atoms in total. The van der Waals surface area contributed by atoms with E-state index in [1.807, 2.05) is 11.4 Å². The summed E-state index contributed by atoms with van der Waals surface area (Å²) in [4.78, 5) is 2.61. The molecule has 5 aliphatic rings. The van der Waals surface area contributed by atoms with E-state index < -0.39 is 16.2 Å². The minimum atomic E-state index is -3.27. The van der Waals surface area contributed by atoms with E-state index in [0.717, 1.165) is 70.4 Å². The van der Waals surface area contributed by atoms with Crippen molar-refractivity contribution in [2.24, 2.45) is 35.5 Å². The quantitative estimate of drug-likeness (QED) is 0.422. The molecule has 0 bridgehead atoms. The lowest BCUT2D eigenvalue weighted by Crippen LogP contribution is -2.71. The third kappa shape index (κ3) is 5.81. The molecule has 2 heterocycles. The summed E-state index contributed by atoms with van der Waals surface area (Å²) in [5.74, 6) is 3.40. The molecule has 8 atom stereocenters. The van der Waals surface area contributed by atoms with Crippen LogP contribution in [0.4, 0.5) is 4.39 Å². The Morgan fingerprint density at radius 2 is 1.54 bits per heavy atom. The zero-order chi connectivity index (χ0) is 26.2. The summed E-state index contributed by atoms with van der Waals surface area (Å²) in [6, 6.07) is 0.755. The Bertz CT molecular complexity index is 848. The monoisotopic (exact) mass is 540 g/mol. The molecule has 2 aliphatic heterocycles. The largest absolute Gasteiger partial charge is 0.383 e. The summed E-state index contributed by atoms with van der Waals surface area (Å²) in [6.45, 7) is 7.62. The Morgan fingerprint density at radius 1 is 0.838 bits per heavy atom. The van der Waals surface area contributed by atoms with E-state index in [1.54, 1.807) is 0 Å². The van der Waals surface area contributed by atoms with Crippen LogP contribution in [-0.2, 0) is 14.8 Å². The van der Waals surface area contributed by atoms with Crippen molar-refractivity contribution in [3.8, 4) is 0 Å². The minimum Gasteiger partial charge on any atom is -0.383 e. The van der Waals surface area contributed by atoms with Crippen molar-refractivity contribution in [3.63, 3.8) is 0 Å². The second-order valence-corrected chi connectivity index (χ2v) is 15.7. The van der Waals surface area contributed by atoms with Gasteiger partial charge >= 0.3 is 0 Å². The van der Waals surface area contributed by atoms with E-state index in [4.69, 9.17) is 4.74 Å². The van der Waals surface area contributed by atoms with Gasteiger partial charge in [-0.2, -0.15) is 0 Å². The van der Waals surface area contributed by atoms with Gasteiger partial charge in [-0.1, -0.05) is 26.7 Å². The number of ether oxygens (including phenoxy) is 1. The molecule has 0 N–H and O–H groups in total. The summed E-state index contributed by atoms with van der Waals surface area (Å²) >= 11 is 0. The summed E-state index contributed by atoms with van der Waals surface area (Å²) in [5, 5.41) is -0.195. The highest BCUT2D eigenvalue weighted by Crippen LogP contribution is 2.49. The molecule has 6 unspecified atom stereocenters. The normalized spacial score (nSPS) is 44.9. The van der Waals surface area contributed by atoms with Crippen molar-refractivity contribution in [1.29, 1.82) is 0 Å². The Balaban J connectivity index is 1.28. The molecule has 0 aromatic heterocycles. The van der Waals surface area contributed by atoms with Crippen molar-refractivity contribution in [1.82, 2.24) is 9.21 Å². The maximum Gasteiger partial charge on any atom is 0.217 e. The number of rotatable bonds is 6. The number of hydrogen-bond donors (Lipinski definition) is 0. The van der Waals surface area contributed by atoms with Crippen LogP contribution in [0.15, 0.2) is 0 Å². The van der Waals surface area contributed by atoms with Gasteiger partial charge in [-0.05, 0) is 113 Å². The summed E-state index contributed by atoms with van der Waals surface area (Å²) in [7, 11) is -1.45. The molecule has 3 aliphatic carbocycles. The van der Waals surface area contributed by atoms with Crippen molar-refractivity contribution in [3.05, 3.63) is 0 Å². The van der Waals surface area contributed by atoms with Gasteiger partial charge in [0.1, 0.15) is 6.17 Å². The molecule has 37 heavy (non-hydrogen) atoms. The average molecular weight is 541 g/mol. The van der Waals surface area contributed by atoms with E-state index in [1.165, 1.54) is 32.1 Å². The maximum absolute atomic E-state index is 13.9. The van der Waals surface area contributed by atoms with E-state index in [9.17, 15) is 12.8 Å². The predicted molar refractivity (Wildman–Crippen MR) is 148 cm³/mol. The van der Waals surface area contributed by atoms with Crippen LogP contribution < -0.4 is 0 Å². The number of fused-ring (bicyclic) bond motifs is 1. The van der Waals surface area contributed by atoms with Crippen LogP contribution in [0.2, 0.25) is 0 Å². The molecule has 0 radical (unpaired) electrons. The smallest absolute Gasteiger partial charge is 0.217 e. The number of hydrogen-bond acceptors (Lipinski definition) is 4. The van der Waals surface area contributed by atoms with E-state index in [2.05, 4.69) is 18.7 Å². The van der Waals surface area contributed by atoms with Crippen LogP contribution in [0, 0.1) is 35.5 Å². The number of sulfonamides is 1. The first-order chi connectivity index (χ1) is 17.8. The molecule has 3 saturated carbocycles. The lowest BCUT2D eigenvalue weighted by Gasteiger charge is -2.60. The Labute approximate surface area is 226 Å². The minimum absolute atomic E-state index is 0.195. The van der Waals surface area contributed by atoms with Gasteiger partial charge in [-0.25, -0.2) is 17.1 Å². The molecule has 5 fully saturated rings. The molecule has 2 saturated heterocycles. The van der Waals surface area contributed by atoms with Crippen LogP contribution in [-0.4, -0.2) is 74.5 Å². The number of nitrogens with zero attached hydrogens (tertiary/aromatic N) is 2. The molecular formula is C30H53FN2O3S. The lowest BCUT2D eigenvalue weighted by atomic mass is 9.61. The van der Waals surface area contributed by atoms with Gasteiger partial charge < -0.3 is 4.74 Å². The summed E-state index contributed by atoms with van der Waals surface area (Å²) < 4.78 is 49.4. The first kappa shape index (κ1) is 28.3. The lowest BCUT2D eigenvalue weighted by molar-refractivity contribution is -0.128. The van der Waals surface area contributed by atoms with Crippen LogP contribution in [0.3, 0.4) is 0 Å². The molecular weight excluding hydrogens is 487 g/mol. The molecule has 0 spiro atoms. The molecule has 7 heteroatoms. The number of methoxy groups -OCH3 is 1. The molecule has 214 valence electrons. The van der Waals surface area contributed by atoms with Gasteiger partial charge in [-0.15, -0.1) is 0 Å². The Morgan fingerprint density at radius 3 is 2.24 bits per heavy atom. The van der Waals surface area contributed by atoms with E-state index in [0.29, 0.717) is 48.8 Å². The zero-order valence-electron chi connectivity index (χ0n) is 23.7. The van der Waals surface area contributed by atoms with E-state index in [-0.39, 0.29) is 11.2 Å². The van der Waals surface area contributed by atoms with Gasteiger partial charge in [-0.3, -0.25) is 4.90 Å². The second-order valence-electron chi connectivity index (χ2n) is 13.5. The Hall–Kier alpha value is -0.240. The van der Waals surface area contributed by atoms with E-state index >= 15 is 0 Å². The predicted octanol–water partition coefficient (Wildman–Crippen LogP) is 5.89. The van der Waals surface area contributed by atoms with Crippen molar-refractivity contribution in [2.75, 3.05) is 33.4 Å². The summed E-state index contributed by atoms with van der Waals surface area (Å²) in [5.41, 5.74) is 0. The highest BCUT2D eigenvalue weighted by molar-refractivity contribution is 7.89. The fourth-order valence-electron chi connectivity index (χ4n) is 9.45. The van der Waals surface area contributed by atoms with Crippen molar-refractivity contribution < 1.29 is 17.5 Å². The van der Waals surface area contributed by atoms with Crippen LogP contribution in [0.25, 0.3) is 0 Å². The highest BCUT2D eigenvalue weighted by Gasteiger charge is 2.54. The molecule has 0 aromatic carbocycles. The third-order valence-electron chi connectivity index (χ3n) is 11.5. The van der Waals surface area contributed by atoms with Gasteiger partial charge in [0, 0.05) is 32.3 Å².